The van der Waals surface area contributed by atoms with Crippen molar-refractivity contribution in [1.29, 1.82) is 0 Å². The largest absolute Gasteiger partial charge is 0.303 e. The van der Waals surface area contributed by atoms with Gasteiger partial charge in [-0.2, -0.15) is 0 Å². The summed E-state index contributed by atoms with van der Waals surface area (Å²) in [5.41, 5.74) is 2.41. The van der Waals surface area contributed by atoms with Gasteiger partial charge in [0.05, 0.1) is 0 Å². The first-order valence-corrected chi connectivity index (χ1v) is 6.24. The molecule has 0 spiro atoms. The second kappa shape index (κ2) is 4.98. The Balaban J connectivity index is 1.98. The molecule has 3 rings (SSSR count). The van der Waals surface area contributed by atoms with Crippen LogP contribution in [0.4, 0.5) is 0 Å². The molecule has 2 aromatic heterocycles. The van der Waals surface area contributed by atoms with Crippen molar-refractivity contribution >= 4 is 0 Å². The van der Waals surface area contributed by atoms with Crippen LogP contribution in [0, 0.1) is 0 Å². The van der Waals surface area contributed by atoms with Crippen molar-refractivity contribution < 1.29 is 0 Å². The summed E-state index contributed by atoms with van der Waals surface area (Å²) in [6, 6.07) is 12.6. The van der Waals surface area contributed by atoms with E-state index in [9.17, 15) is 0 Å². The van der Waals surface area contributed by atoms with Gasteiger partial charge in [-0.1, -0.05) is 18.2 Å². The molecule has 0 fully saturated rings. The summed E-state index contributed by atoms with van der Waals surface area (Å²) in [6.45, 7) is 3.76. The molecule has 0 radical (unpaired) electrons. The molecular weight excluding hydrogens is 234 g/mol. The van der Waals surface area contributed by atoms with E-state index in [1.807, 2.05) is 22.9 Å². The van der Waals surface area contributed by atoms with E-state index in [0.29, 0.717) is 0 Å². The van der Waals surface area contributed by atoms with Gasteiger partial charge in [0, 0.05) is 24.3 Å². The number of hydrogen-bond donors (Lipinski definition) is 0. The quantitative estimate of drug-likeness (QED) is 0.650. The average Bonchev–Trinajstić information content (AvgIpc) is 3.11. The zero-order valence-corrected chi connectivity index (χ0v) is 10.6. The summed E-state index contributed by atoms with van der Waals surface area (Å²) < 4.78 is 4.14. The Hall–Kier alpha value is -2.55. The lowest BCUT2D eigenvalue weighted by Gasteiger charge is -2.10. The van der Waals surface area contributed by atoms with Crippen LogP contribution < -0.4 is 0 Å². The zero-order valence-electron chi connectivity index (χ0n) is 10.6. The van der Waals surface area contributed by atoms with E-state index in [2.05, 4.69) is 52.7 Å². The maximum atomic E-state index is 4.09. The Morgan fingerprint density at radius 1 is 1.11 bits per heavy atom. The summed E-state index contributed by atoms with van der Waals surface area (Å²) in [4.78, 5) is 4.09. The molecule has 3 aromatic rings. The van der Waals surface area contributed by atoms with Crippen molar-refractivity contribution in [3.05, 3.63) is 79.5 Å². The number of benzene rings is 1. The third-order valence-electron chi connectivity index (χ3n) is 3.09. The molecule has 19 heavy (non-hydrogen) atoms. The van der Waals surface area contributed by atoms with Gasteiger partial charge in [0.1, 0.15) is 12.1 Å². The minimum absolute atomic E-state index is 0.903. The van der Waals surface area contributed by atoms with Crippen LogP contribution >= 0.6 is 0 Å². The van der Waals surface area contributed by atoms with Crippen LogP contribution in [0.3, 0.4) is 0 Å². The van der Waals surface area contributed by atoms with Crippen LogP contribution in [-0.4, -0.2) is 14.1 Å². The molecule has 0 aliphatic carbocycles. The summed E-state index contributed by atoms with van der Waals surface area (Å²) in [7, 11) is 0. The maximum Gasteiger partial charge on any atom is 0.122 e. The molecule has 0 atom stereocenters. The van der Waals surface area contributed by atoms with Crippen LogP contribution in [0.1, 0.15) is 5.56 Å². The summed E-state index contributed by atoms with van der Waals surface area (Å²) in [5.74, 6) is 1.08. The fourth-order valence-electron chi connectivity index (χ4n) is 2.15. The lowest BCUT2D eigenvalue weighted by molar-refractivity contribution is 0.925. The van der Waals surface area contributed by atoms with Gasteiger partial charge < -0.3 is 4.57 Å². The van der Waals surface area contributed by atoms with Crippen molar-refractivity contribution in [3.8, 4) is 11.5 Å². The third-order valence-corrected chi connectivity index (χ3v) is 3.09. The van der Waals surface area contributed by atoms with Gasteiger partial charge in [-0.05, 0) is 36.2 Å². The van der Waals surface area contributed by atoms with Gasteiger partial charge in [0.25, 0.3) is 0 Å². The Kier molecular flexibility index (Phi) is 3.02. The molecule has 0 unspecified atom stereocenters. The second-order valence-corrected chi connectivity index (χ2v) is 4.37. The smallest absolute Gasteiger partial charge is 0.122 e. The number of hydrogen-bond acceptors (Lipinski definition) is 1. The van der Waals surface area contributed by atoms with Gasteiger partial charge in [0.15, 0.2) is 0 Å². The molecular formula is C16H15N3. The van der Waals surface area contributed by atoms with Gasteiger partial charge in [-0.15, -0.1) is 6.58 Å². The maximum absolute atomic E-state index is 4.09. The molecule has 0 amide bonds. The molecule has 1 aromatic carbocycles. The summed E-state index contributed by atoms with van der Waals surface area (Å²) in [5, 5.41) is 0. The number of imidazole rings is 1. The van der Waals surface area contributed by atoms with Gasteiger partial charge in [-0.3, -0.25) is 4.57 Å². The monoisotopic (exact) mass is 249 g/mol. The average molecular weight is 249 g/mol. The third kappa shape index (κ3) is 2.22. The minimum Gasteiger partial charge on any atom is -0.303 e. The molecule has 0 saturated carbocycles. The van der Waals surface area contributed by atoms with Crippen molar-refractivity contribution in [3.63, 3.8) is 0 Å². The Bertz CT molecular complexity index is 660. The van der Waals surface area contributed by atoms with Crippen molar-refractivity contribution in [1.82, 2.24) is 14.1 Å². The summed E-state index contributed by atoms with van der Waals surface area (Å²) in [6.07, 6.45) is 10.4. The Labute approximate surface area is 112 Å². The highest BCUT2D eigenvalue weighted by Gasteiger charge is 2.04. The molecule has 94 valence electrons. The number of rotatable bonds is 4. The van der Waals surface area contributed by atoms with Crippen molar-refractivity contribution in [2.24, 2.45) is 0 Å². The number of nitrogens with zero attached hydrogens (tertiary/aromatic N) is 3. The Morgan fingerprint density at radius 2 is 1.95 bits per heavy atom. The van der Waals surface area contributed by atoms with Crippen LogP contribution in [-0.2, 0) is 6.42 Å². The van der Waals surface area contributed by atoms with Crippen LogP contribution in [0.2, 0.25) is 0 Å². The molecule has 0 bridgehead atoms. The lowest BCUT2D eigenvalue weighted by atomic mass is 10.1. The van der Waals surface area contributed by atoms with Gasteiger partial charge >= 0.3 is 0 Å². The fourth-order valence-corrected chi connectivity index (χ4v) is 2.15. The molecule has 0 saturated heterocycles. The number of aromatic nitrogens is 3. The van der Waals surface area contributed by atoms with Crippen LogP contribution in [0.15, 0.2) is 74.0 Å². The molecule has 0 aliphatic rings. The van der Waals surface area contributed by atoms with E-state index in [4.69, 9.17) is 0 Å². The van der Waals surface area contributed by atoms with E-state index >= 15 is 0 Å². The van der Waals surface area contributed by atoms with Gasteiger partial charge in [-0.25, -0.2) is 4.98 Å². The molecule has 0 aliphatic heterocycles. The lowest BCUT2D eigenvalue weighted by Crippen LogP contribution is -2.01. The first kappa shape index (κ1) is 11.5. The van der Waals surface area contributed by atoms with E-state index in [0.717, 1.165) is 17.9 Å². The molecule has 3 nitrogen and oxygen atoms in total. The molecule has 2 heterocycles. The predicted octanol–water partition coefficient (Wildman–Crippen LogP) is 3.39. The number of allylic oxidation sites excluding steroid dienone is 1. The van der Waals surface area contributed by atoms with Crippen molar-refractivity contribution in [2.75, 3.05) is 0 Å². The highest BCUT2D eigenvalue weighted by molar-refractivity contribution is 5.42. The summed E-state index contributed by atoms with van der Waals surface area (Å²) >= 11 is 0. The zero-order chi connectivity index (χ0) is 13.1. The predicted molar refractivity (Wildman–Crippen MR) is 76.8 cm³/mol. The van der Waals surface area contributed by atoms with E-state index in [1.165, 1.54) is 5.56 Å². The highest BCUT2D eigenvalue weighted by atomic mass is 15.2. The first-order chi connectivity index (χ1) is 9.38. The van der Waals surface area contributed by atoms with Crippen LogP contribution in [0.5, 0.6) is 0 Å². The van der Waals surface area contributed by atoms with E-state index in [-0.39, 0.29) is 0 Å². The normalized spacial score (nSPS) is 10.5. The molecule has 3 heteroatoms. The topological polar surface area (TPSA) is 22.8 Å². The second-order valence-electron chi connectivity index (χ2n) is 4.37. The van der Waals surface area contributed by atoms with Crippen molar-refractivity contribution in [2.45, 2.75) is 6.42 Å². The van der Waals surface area contributed by atoms with Crippen LogP contribution in [0.25, 0.3) is 11.5 Å². The standard InChI is InChI=1S/C16H15N3/c1-2-4-14-6-8-15(9-7-14)19-11-3-5-16(19)18-12-10-17-13-18/h2-3,5-13H,1,4H2. The first-order valence-electron chi connectivity index (χ1n) is 6.24. The minimum atomic E-state index is 0.903. The molecule has 0 N–H and O–H groups in total. The van der Waals surface area contributed by atoms with E-state index < -0.39 is 0 Å². The SMILES string of the molecule is C=CCc1ccc(-n2cccc2-n2ccnc2)cc1. The highest BCUT2D eigenvalue weighted by Crippen LogP contribution is 2.17. The fraction of sp³-hybridized carbons (Fsp3) is 0.0625. The van der Waals surface area contributed by atoms with E-state index in [1.54, 1.807) is 12.5 Å². The Morgan fingerprint density at radius 3 is 2.63 bits per heavy atom. The van der Waals surface area contributed by atoms with Gasteiger partial charge in [0.2, 0.25) is 0 Å².